The van der Waals surface area contributed by atoms with Crippen molar-refractivity contribution in [1.82, 2.24) is 9.78 Å². The zero-order valence-corrected chi connectivity index (χ0v) is 12.3. The highest BCUT2D eigenvalue weighted by Crippen LogP contribution is 2.25. The molecule has 0 aliphatic heterocycles. The molecule has 1 unspecified atom stereocenters. The lowest BCUT2D eigenvalue weighted by Gasteiger charge is -2.17. The highest BCUT2D eigenvalue weighted by atomic mass is 15.3. The van der Waals surface area contributed by atoms with Crippen LogP contribution in [0.4, 0.5) is 0 Å². The van der Waals surface area contributed by atoms with Crippen molar-refractivity contribution in [3.63, 3.8) is 0 Å². The maximum Gasteiger partial charge on any atom is 0.0730 e. The Hall–Kier alpha value is -2.39. The predicted molar refractivity (Wildman–Crippen MR) is 85.5 cm³/mol. The first-order valence-electron chi connectivity index (χ1n) is 7.09. The van der Waals surface area contributed by atoms with Gasteiger partial charge in [0.2, 0.25) is 0 Å². The molecular formula is C18H19N3. The molecule has 0 saturated heterocycles. The van der Waals surface area contributed by atoms with Crippen molar-refractivity contribution in [1.29, 1.82) is 0 Å². The molecule has 3 nitrogen and oxygen atoms in total. The summed E-state index contributed by atoms with van der Waals surface area (Å²) in [4.78, 5) is 0. The Bertz CT molecular complexity index is 744. The van der Waals surface area contributed by atoms with Crippen LogP contribution < -0.4 is 5.73 Å². The largest absolute Gasteiger partial charge is 0.319 e. The molecule has 2 N–H and O–H groups in total. The van der Waals surface area contributed by atoms with Gasteiger partial charge < -0.3 is 5.73 Å². The summed E-state index contributed by atoms with van der Waals surface area (Å²) < 4.78 is 1.91. The second kappa shape index (κ2) is 5.54. The Kier molecular flexibility index (Phi) is 3.59. The van der Waals surface area contributed by atoms with Crippen LogP contribution in [0.5, 0.6) is 0 Å². The third-order valence-electron chi connectivity index (χ3n) is 3.75. The quantitative estimate of drug-likeness (QED) is 0.795. The Labute approximate surface area is 125 Å². The first kappa shape index (κ1) is 13.6. The molecule has 1 atom stereocenters. The van der Waals surface area contributed by atoms with E-state index in [9.17, 15) is 0 Å². The van der Waals surface area contributed by atoms with E-state index in [0.29, 0.717) is 0 Å². The van der Waals surface area contributed by atoms with Gasteiger partial charge in [0.25, 0.3) is 0 Å². The molecule has 1 heterocycles. The van der Waals surface area contributed by atoms with E-state index < -0.39 is 0 Å². The van der Waals surface area contributed by atoms with Crippen molar-refractivity contribution < 1.29 is 0 Å². The Morgan fingerprint density at radius 3 is 2.48 bits per heavy atom. The number of hydrogen-bond donors (Lipinski definition) is 1. The summed E-state index contributed by atoms with van der Waals surface area (Å²) in [5.41, 5.74) is 12.1. The third kappa shape index (κ3) is 2.60. The van der Waals surface area contributed by atoms with Gasteiger partial charge in [0.05, 0.1) is 17.4 Å². The van der Waals surface area contributed by atoms with E-state index >= 15 is 0 Å². The number of hydrogen-bond acceptors (Lipinski definition) is 2. The van der Waals surface area contributed by atoms with E-state index in [-0.39, 0.29) is 6.04 Å². The van der Waals surface area contributed by atoms with Gasteiger partial charge in [-0.15, -0.1) is 0 Å². The van der Waals surface area contributed by atoms with Crippen molar-refractivity contribution >= 4 is 0 Å². The Balaban J connectivity index is 2.03. The fourth-order valence-corrected chi connectivity index (χ4v) is 2.67. The molecule has 21 heavy (non-hydrogen) atoms. The number of benzene rings is 2. The minimum atomic E-state index is -0.187. The van der Waals surface area contributed by atoms with E-state index in [1.54, 1.807) is 6.20 Å². The first-order chi connectivity index (χ1) is 10.2. The summed E-state index contributed by atoms with van der Waals surface area (Å²) in [5, 5.41) is 4.42. The smallest absolute Gasteiger partial charge is 0.0730 e. The molecule has 3 rings (SSSR count). The molecule has 0 radical (unpaired) electrons. The molecule has 0 aliphatic rings. The second-order valence-corrected chi connectivity index (χ2v) is 5.34. The summed E-state index contributed by atoms with van der Waals surface area (Å²) in [6.45, 7) is 4.20. The predicted octanol–water partition coefficient (Wildman–Crippen LogP) is 3.54. The minimum absolute atomic E-state index is 0.187. The lowest BCUT2D eigenvalue weighted by Crippen LogP contribution is -2.17. The molecular weight excluding hydrogens is 258 g/mol. The van der Waals surface area contributed by atoms with Gasteiger partial charge in [-0.05, 0) is 43.2 Å². The van der Waals surface area contributed by atoms with E-state index in [0.717, 1.165) is 16.9 Å². The molecule has 2 aromatic carbocycles. The molecule has 0 amide bonds. The van der Waals surface area contributed by atoms with Crippen LogP contribution in [0.25, 0.3) is 5.69 Å². The van der Waals surface area contributed by atoms with Crippen molar-refractivity contribution in [3.8, 4) is 5.69 Å². The summed E-state index contributed by atoms with van der Waals surface area (Å²) >= 11 is 0. The maximum atomic E-state index is 6.49. The van der Waals surface area contributed by atoms with E-state index in [4.69, 9.17) is 5.73 Å². The summed E-state index contributed by atoms with van der Waals surface area (Å²) in [7, 11) is 0. The van der Waals surface area contributed by atoms with Crippen LogP contribution in [0.15, 0.2) is 60.8 Å². The van der Waals surface area contributed by atoms with Gasteiger partial charge in [0, 0.05) is 6.20 Å². The Morgan fingerprint density at radius 1 is 1.00 bits per heavy atom. The van der Waals surface area contributed by atoms with Gasteiger partial charge in [0.1, 0.15) is 0 Å². The van der Waals surface area contributed by atoms with Crippen LogP contribution in [0, 0.1) is 13.8 Å². The number of rotatable bonds is 3. The van der Waals surface area contributed by atoms with Gasteiger partial charge in [-0.3, -0.25) is 0 Å². The lowest BCUT2D eigenvalue weighted by atomic mass is 9.97. The number of aryl methyl sites for hydroxylation is 2. The molecule has 3 heteroatoms. The molecule has 0 bridgehead atoms. The first-order valence-corrected chi connectivity index (χ1v) is 7.09. The van der Waals surface area contributed by atoms with Crippen LogP contribution in [-0.2, 0) is 0 Å². The minimum Gasteiger partial charge on any atom is -0.319 e. The molecule has 0 aliphatic carbocycles. The molecule has 3 aromatic rings. The van der Waals surface area contributed by atoms with Gasteiger partial charge >= 0.3 is 0 Å². The summed E-state index contributed by atoms with van der Waals surface area (Å²) in [6, 6.07) is 18.2. The molecule has 106 valence electrons. The molecule has 0 spiro atoms. The summed E-state index contributed by atoms with van der Waals surface area (Å²) in [6.07, 6.45) is 1.80. The normalized spacial score (nSPS) is 12.3. The third-order valence-corrected chi connectivity index (χ3v) is 3.75. The van der Waals surface area contributed by atoms with E-state index in [1.165, 1.54) is 11.1 Å². The van der Waals surface area contributed by atoms with E-state index in [2.05, 4.69) is 37.1 Å². The number of nitrogens with two attached hydrogens (primary N) is 1. The number of aromatic nitrogens is 2. The van der Waals surface area contributed by atoms with Crippen LogP contribution in [0.3, 0.4) is 0 Å². The fourth-order valence-electron chi connectivity index (χ4n) is 2.67. The zero-order chi connectivity index (χ0) is 14.8. The van der Waals surface area contributed by atoms with Gasteiger partial charge in [-0.1, -0.05) is 42.0 Å². The van der Waals surface area contributed by atoms with Crippen molar-refractivity contribution in [2.24, 2.45) is 5.73 Å². The maximum absolute atomic E-state index is 6.49. The van der Waals surface area contributed by atoms with Crippen LogP contribution in [0.2, 0.25) is 0 Å². The Morgan fingerprint density at radius 2 is 1.76 bits per heavy atom. The van der Waals surface area contributed by atoms with Gasteiger partial charge in [0.15, 0.2) is 0 Å². The monoisotopic (exact) mass is 277 g/mol. The van der Waals surface area contributed by atoms with Crippen molar-refractivity contribution in [2.75, 3.05) is 0 Å². The SMILES string of the molecule is Cc1ccc(C(N)c2ccnn2-c2ccccc2)c(C)c1. The van der Waals surface area contributed by atoms with Crippen LogP contribution in [-0.4, -0.2) is 9.78 Å². The summed E-state index contributed by atoms with van der Waals surface area (Å²) in [5.74, 6) is 0. The molecule has 0 fully saturated rings. The fraction of sp³-hybridized carbons (Fsp3) is 0.167. The standard InChI is InChI=1S/C18H19N3/c1-13-8-9-16(14(2)12-13)18(19)17-10-11-20-21(17)15-6-4-3-5-7-15/h3-12,18H,19H2,1-2H3. The number of para-hydroxylation sites is 1. The number of nitrogens with zero attached hydrogens (tertiary/aromatic N) is 2. The van der Waals surface area contributed by atoms with Crippen LogP contribution >= 0.6 is 0 Å². The van der Waals surface area contributed by atoms with Gasteiger partial charge in [-0.2, -0.15) is 5.10 Å². The highest BCUT2D eigenvalue weighted by Gasteiger charge is 2.16. The van der Waals surface area contributed by atoms with Gasteiger partial charge in [-0.25, -0.2) is 4.68 Å². The van der Waals surface area contributed by atoms with Crippen molar-refractivity contribution in [2.45, 2.75) is 19.9 Å². The topological polar surface area (TPSA) is 43.8 Å². The second-order valence-electron chi connectivity index (χ2n) is 5.34. The van der Waals surface area contributed by atoms with E-state index in [1.807, 2.05) is 41.1 Å². The average Bonchev–Trinajstić information content (AvgIpc) is 2.97. The molecule has 1 aromatic heterocycles. The average molecular weight is 277 g/mol. The van der Waals surface area contributed by atoms with Crippen molar-refractivity contribution in [3.05, 3.63) is 83.2 Å². The lowest BCUT2D eigenvalue weighted by molar-refractivity contribution is 0.736. The highest BCUT2D eigenvalue weighted by molar-refractivity contribution is 5.40. The van der Waals surface area contributed by atoms with Crippen LogP contribution in [0.1, 0.15) is 28.4 Å². The molecule has 0 saturated carbocycles. The zero-order valence-electron chi connectivity index (χ0n) is 12.3.